The van der Waals surface area contributed by atoms with Crippen LogP contribution in [0.15, 0.2) is 58.9 Å². The van der Waals surface area contributed by atoms with Crippen LogP contribution in [0.3, 0.4) is 0 Å². The molecule has 1 aromatic carbocycles. The van der Waals surface area contributed by atoms with Gasteiger partial charge in [-0.05, 0) is 62.3 Å². The number of carbonyl (C=O) groups excluding carboxylic acids is 2. The largest absolute Gasteiger partial charge is 0.352 e. The maximum absolute atomic E-state index is 12.4. The lowest BCUT2D eigenvalue weighted by Gasteiger charge is -2.26. The third-order valence-corrected chi connectivity index (χ3v) is 6.07. The van der Waals surface area contributed by atoms with E-state index in [-0.39, 0.29) is 23.9 Å². The molecule has 3 unspecified atom stereocenters. The number of benzene rings is 1. The van der Waals surface area contributed by atoms with E-state index in [1.807, 2.05) is 82.1 Å². The molecule has 2 amide bonds. The Labute approximate surface area is 222 Å². The van der Waals surface area contributed by atoms with Gasteiger partial charge in [0.25, 0.3) is 0 Å². The van der Waals surface area contributed by atoms with Crippen molar-refractivity contribution in [2.24, 2.45) is 21.9 Å². The number of hydrogen-bond acceptors (Lipinski definition) is 6. The molecule has 202 valence electrons. The zero-order valence-corrected chi connectivity index (χ0v) is 23.4. The first-order valence-corrected chi connectivity index (χ1v) is 13.1. The van der Waals surface area contributed by atoms with E-state index in [0.29, 0.717) is 11.8 Å². The summed E-state index contributed by atoms with van der Waals surface area (Å²) < 4.78 is 0. The van der Waals surface area contributed by atoms with E-state index in [4.69, 9.17) is 5.84 Å². The summed E-state index contributed by atoms with van der Waals surface area (Å²) in [4.78, 5) is 33.2. The number of hydrazone groups is 1. The molecule has 8 heteroatoms. The number of hydrogen-bond donors (Lipinski definition) is 2. The number of nitrogens with zero attached hydrogens (tertiary/aromatic N) is 4. The van der Waals surface area contributed by atoms with E-state index < -0.39 is 0 Å². The van der Waals surface area contributed by atoms with Crippen LogP contribution in [0.1, 0.15) is 72.9 Å². The molecule has 8 nitrogen and oxygen atoms in total. The molecule has 37 heavy (non-hydrogen) atoms. The molecule has 3 N–H and O–H groups in total. The summed E-state index contributed by atoms with van der Waals surface area (Å²) in [6.45, 7) is 14.7. The van der Waals surface area contributed by atoms with Gasteiger partial charge in [0.1, 0.15) is 6.04 Å². The van der Waals surface area contributed by atoms with Gasteiger partial charge in [-0.2, -0.15) is 5.10 Å². The highest BCUT2D eigenvalue weighted by Crippen LogP contribution is 2.21. The molecule has 1 saturated heterocycles. The normalized spacial score (nSPS) is 16.8. The first-order chi connectivity index (χ1) is 17.8. The molecule has 3 rings (SSSR count). The van der Waals surface area contributed by atoms with Crippen LogP contribution in [0.5, 0.6) is 0 Å². The fourth-order valence-electron chi connectivity index (χ4n) is 3.87. The van der Waals surface area contributed by atoms with Gasteiger partial charge in [-0.15, -0.1) is 0 Å². The number of carbonyl (C=O) groups is 2. The Morgan fingerprint density at radius 3 is 2.32 bits per heavy atom. The van der Waals surface area contributed by atoms with Gasteiger partial charge in [-0.25, -0.2) is 0 Å². The van der Waals surface area contributed by atoms with Gasteiger partial charge in [0.2, 0.25) is 12.3 Å². The van der Waals surface area contributed by atoms with Crippen LogP contribution in [0.2, 0.25) is 0 Å². The van der Waals surface area contributed by atoms with Crippen molar-refractivity contribution in [1.82, 2.24) is 15.2 Å². The Morgan fingerprint density at radius 1 is 1.16 bits per heavy atom. The highest BCUT2D eigenvalue weighted by atomic mass is 16.2. The first-order valence-electron chi connectivity index (χ1n) is 13.1. The number of amides is 2. The number of pyridine rings is 1. The minimum Gasteiger partial charge on any atom is -0.352 e. The smallest absolute Gasteiger partial charge is 0.247 e. The van der Waals surface area contributed by atoms with Crippen molar-refractivity contribution >= 4 is 24.2 Å². The molecule has 0 radical (unpaired) electrons. The van der Waals surface area contributed by atoms with Crippen molar-refractivity contribution in [3.63, 3.8) is 0 Å². The summed E-state index contributed by atoms with van der Waals surface area (Å²) in [5.41, 5.74) is 3.93. The van der Waals surface area contributed by atoms with Gasteiger partial charge in [0, 0.05) is 31.2 Å². The molecule has 2 heterocycles. The Hall–Kier alpha value is -3.55. The summed E-state index contributed by atoms with van der Waals surface area (Å²) in [7, 11) is 0. The molecule has 0 spiro atoms. The fraction of sp³-hybridized carbons (Fsp3) is 0.483. The minimum absolute atomic E-state index is 0.0375. The van der Waals surface area contributed by atoms with E-state index in [2.05, 4.69) is 27.3 Å². The Bertz CT molecular complexity index is 989. The standard InChI is InChI=1S/C14H14N2O.C13H24N4O.C2H6/c1-11(16-10-17)12-4-6-13(7-5-12)14-3-2-8-15-9-14;1-9(2)12(15-8-10(3)16-14)13(18)17-7-5-6-11(17)4;1-2/h2-11H,1H3,(H,16,17);8-9,11-12H,5-7,14H2,1-4H3;1-2H3/b;15-8?,16-10-;. The van der Waals surface area contributed by atoms with Gasteiger partial charge in [0.05, 0.1) is 11.8 Å². The van der Waals surface area contributed by atoms with E-state index in [9.17, 15) is 9.59 Å². The van der Waals surface area contributed by atoms with Crippen LogP contribution in [-0.4, -0.2) is 52.8 Å². The quantitative estimate of drug-likeness (QED) is 0.226. The topological polar surface area (TPSA) is 113 Å². The highest BCUT2D eigenvalue weighted by molar-refractivity contribution is 6.29. The van der Waals surface area contributed by atoms with Crippen molar-refractivity contribution in [2.75, 3.05) is 6.54 Å². The van der Waals surface area contributed by atoms with Crippen LogP contribution in [-0.2, 0) is 9.59 Å². The summed E-state index contributed by atoms with van der Waals surface area (Å²) in [6, 6.07) is 12.1. The predicted molar refractivity (Wildman–Crippen MR) is 153 cm³/mol. The van der Waals surface area contributed by atoms with E-state index in [0.717, 1.165) is 42.5 Å². The van der Waals surface area contributed by atoms with E-state index >= 15 is 0 Å². The predicted octanol–water partition coefficient (Wildman–Crippen LogP) is 5.01. The van der Waals surface area contributed by atoms with Crippen molar-refractivity contribution in [3.8, 4) is 11.1 Å². The highest BCUT2D eigenvalue weighted by Gasteiger charge is 2.31. The molecular weight excluding hydrogens is 464 g/mol. The van der Waals surface area contributed by atoms with Crippen LogP contribution in [0.4, 0.5) is 0 Å². The monoisotopic (exact) mass is 508 g/mol. The molecule has 0 saturated carbocycles. The lowest BCUT2D eigenvalue weighted by atomic mass is 10.0. The van der Waals surface area contributed by atoms with E-state index in [1.54, 1.807) is 19.3 Å². The van der Waals surface area contributed by atoms with Gasteiger partial charge in [-0.3, -0.25) is 19.6 Å². The first kappa shape index (κ1) is 31.5. The van der Waals surface area contributed by atoms with E-state index in [1.165, 1.54) is 0 Å². The Balaban J connectivity index is 0.000000347. The van der Waals surface area contributed by atoms with Crippen molar-refractivity contribution in [1.29, 1.82) is 0 Å². The van der Waals surface area contributed by atoms with Crippen LogP contribution >= 0.6 is 0 Å². The summed E-state index contributed by atoms with van der Waals surface area (Å²) >= 11 is 0. The number of rotatable bonds is 8. The number of likely N-dealkylation sites (tertiary alicyclic amines) is 1. The van der Waals surface area contributed by atoms with Gasteiger partial charge < -0.3 is 16.1 Å². The summed E-state index contributed by atoms with van der Waals surface area (Å²) in [5, 5.41) is 6.26. The molecule has 1 aromatic heterocycles. The Morgan fingerprint density at radius 2 is 1.84 bits per heavy atom. The SMILES string of the molecule is C/C(C=NC(C(=O)N1CCCC1C)C(C)C)=N/N.CC.CC(NC=O)c1ccc(-c2cccnc2)cc1. The molecule has 1 aliphatic rings. The fourth-order valence-corrected chi connectivity index (χ4v) is 3.87. The zero-order valence-electron chi connectivity index (χ0n) is 23.4. The third kappa shape index (κ3) is 10.1. The van der Waals surface area contributed by atoms with Crippen LogP contribution < -0.4 is 11.2 Å². The maximum Gasteiger partial charge on any atom is 0.247 e. The number of nitrogens with one attached hydrogen (secondary N) is 1. The molecular formula is C29H44N6O2. The second-order valence-electron chi connectivity index (χ2n) is 9.13. The summed E-state index contributed by atoms with van der Waals surface area (Å²) in [6.07, 6.45) is 8.08. The summed E-state index contributed by atoms with van der Waals surface area (Å²) in [5.74, 6) is 5.45. The molecule has 0 bridgehead atoms. The maximum atomic E-state index is 12.4. The zero-order chi connectivity index (χ0) is 27.8. The molecule has 2 aromatic rings. The molecule has 1 aliphatic heterocycles. The molecule has 3 atom stereocenters. The average molecular weight is 509 g/mol. The van der Waals surface area contributed by atoms with Crippen molar-refractivity contribution in [3.05, 3.63) is 54.4 Å². The second kappa shape index (κ2) is 17.0. The molecule has 0 aliphatic carbocycles. The van der Waals surface area contributed by atoms with Crippen molar-refractivity contribution in [2.45, 2.75) is 79.4 Å². The number of aliphatic imine (C=N–C) groups is 1. The second-order valence-corrected chi connectivity index (χ2v) is 9.13. The van der Waals surface area contributed by atoms with Crippen LogP contribution in [0, 0.1) is 5.92 Å². The minimum atomic E-state index is -0.331. The number of aromatic nitrogens is 1. The van der Waals surface area contributed by atoms with Gasteiger partial charge in [-0.1, -0.05) is 58.0 Å². The Kier molecular flexibility index (Phi) is 14.5. The average Bonchev–Trinajstić information content (AvgIpc) is 3.36. The third-order valence-electron chi connectivity index (χ3n) is 6.07. The van der Waals surface area contributed by atoms with Gasteiger partial charge >= 0.3 is 0 Å². The number of nitrogens with two attached hydrogens (primary N) is 1. The molecule has 1 fully saturated rings. The lowest BCUT2D eigenvalue weighted by molar-refractivity contribution is -0.134. The van der Waals surface area contributed by atoms with Crippen LogP contribution in [0.25, 0.3) is 11.1 Å². The van der Waals surface area contributed by atoms with Gasteiger partial charge in [0.15, 0.2) is 0 Å². The van der Waals surface area contributed by atoms with Crippen molar-refractivity contribution < 1.29 is 9.59 Å². The lowest BCUT2D eigenvalue weighted by Crippen LogP contribution is -2.42.